The van der Waals surface area contributed by atoms with Crippen LogP contribution in [0.25, 0.3) is 22.0 Å². The van der Waals surface area contributed by atoms with Crippen molar-refractivity contribution in [1.29, 1.82) is 0 Å². The summed E-state index contributed by atoms with van der Waals surface area (Å²) in [4.78, 5) is 40.0. The zero-order valence-corrected chi connectivity index (χ0v) is 29.3. The normalized spacial score (nSPS) is 14.8. The molecule has 11 heteroatoms. The van der Waals surface area contributed by atoms with Gasteiger partial charge in [0.15, 0.2) is 11.5 Å². The van der Waals surface area contributed by atoms with Gasteiger partial charge in [0, 0.05) is 37.2 Å². The van der Waals surface area contributed by atoms with E-state index in [2.05, 4.69) is 20.5 Å². The number of hydrogen-bond acceptors (Lipinski definition) is 8. The molecule has 0 radical (unpaired) electrons. The lowest BCUT2D eigenvalue weighted by Gasteiger charge is -2.24. The highest BCUT2D eigenvalue weighted by Gasteiger charge is 2.30. The van der Waals surface area contributed by atoms with Gasteiger partial charge < -0.3 is 39.5 Å². The summed E-state index contributed by atoms with van der Waals surface area (Å²) in [5.74, 6) is 1.74. The van der Waals surface area contributed by atoms with E-state index in [0.717, 1.165) is 27.8 Å². The number of anilines is 1. The van der Waals surface area contributed by atoms with Gasteiger partial charge in [-0.15, -0.1) is 0 Å². The van der Waals surface area contributed by atoms with Crippen LogP contribution >= 0.6 is 0 Å². The van der Waals surface area contributed by atoms with E-state index in [9.17, 15) is 14.4 Å². The van der Waals surface area contributed by atoms with Gasteiger partial charge in [0.2, 0.25) is 23.0 Å². The van der Waals surface area contributed by atoms with Gasteiger partial charge in [0.1, 0.15) is 11.8 Å². The molecule has 3 atom stereocenters. The first-order valence-electron chi connectivity index (χ1n) is 16.6. The quantitative estimate of drug-likeness (QED) is 0.171. The summed E-state index contributed by atoms with van der Waals surface area (Å²) >= 11 is 0. The first kappa shape index (κ1) is 35.1. The van der Waals surface area contributed by atoms with Crippen LogP contribution in [0.1, 0.15) is 50.8 Å². The maximum atomic E-state index is 13.9. The molecule has 1 aliphatic carbocycles. The predicted molar refractivity (Wildman–Crippen MR) is 191 cm³/mol. The summed E-state index contributed by atoms with van der Waals surface area (Å²) in [7, 11) is 6.33. The Balaban J connectivity index is 1.48. The zero-order valence-electron chi connectivity index (χ0n) is 29.3. The maximum Gasteiger partial charge on any atom is 0.242 e. The Morgan fingerprint density at radius 2 is 1.71 bits per heavy atom. The Bertz CT molecular complexity index is 1900. The van der Waals surface area contributed by atoms with Crippen molar-refractivity contribution in [2.45, 2.75) is 58.7 Å². The lowest BCUT2D eigenvalue weighted by molar-refractivity contribution is -0.123. The molecule has 1 aliphatic rings. The minimum absolute atomic E-state index is 0.0796. The minimum Gasteiger partial charge on any atom is -0.496 e. The molecule has 0 spiro atoms. The Morgan fingerprint density at radius 3 is 2.39 bits per heavy atom. The van der Waals surface area contributed by atoms with Crippen LogP contribution in [0.15, 0.2) is 59.5 Å². The Kier molecular flexibility index (Phi) is 11.0. The van der Waals surface area contributed by atoms with Crippen LogP contribution in [0.2, 0.25) is 0 Å². The van der Waals surface area contributed by atoms with Gasteiger partial charge in [-0.2, -0.15) is 0 Å². The largest absolute Gasteiger partial charge is 0.496 e. The second-order valence-electron chi connectivity index (χ2n) is 12.3. The number of carbonyl (C=O) groups excluding carboxylic acids is 2. The molecule has 0 fully saturated rings. The topological polar surface area (TPSA) is 129 Å². The molecular formula is C38H46N4O7. The van der Waals surface area contributed by atoms with Gasteiger partial charge in [-0.05, 0) is 71.8 Å². The second kappa shape index (κ2) is 15.4. The van der Waals surface area contributed by atoms with Crippen molar-refractivity contribution in [2.24, 2.45) is 5.92 Å². The number of ether oxygens (including phenoxy) is 4. The maximum absolute atomic E-state index is 13.9. The molecule has 0 saturated carbocycles. The first-order chi connectivity index (χ1) is 23.6. The van der Waals surface area contributed by atoms with Crippen LogP contribution in [-0.2, 0) is 22.6 Å². The molecule has 1 heterocycles. The average molecular weight is 671 g/mol. The number of rotatable bonds is 13. The number of carbonyl (C=O) groups is 2. The third-order valence-electron chi connectivity index (χ3n) is 9.37. The van der Waals surface area contributed by atoms with Crippen LogP contribution in [0.3, 0.4) is 0 Å². The zero-order chi connectivity index (χ0) is 35.2. The first-order valence-corrected chi connectivity index (χ1v) is 16.6. The van der Waals surface area contributed by atoms with Crippen LogP contribution in [0.4, 0.5) is 5.69 Å². The van der Waals surface area contributed by atoms with E-state index >= 15 is 0 Å². The molecule has 0 bridgehead atoms. The van der Waals surface area contributed by atoms with Gasteiger partial charge in [0.05, 0.1) is 45.7 Å². The van der Waals surface area contributed by atoms with Crippen molar-refractivity contribution in [3.8, 4) is 34.1 Å². The summed E-state index contributed by atoms with van der Waals surface area (Å²) in [6.07, 6.45) is 3.84. The van der Waals surface area contributed by atoms with Gasteiger partial charge in [-0.25, -0.2) is 0 Å². The highest BCUT2D eigenvalue weighted by molar-refractivity contribution is 5.87. The average Bonchev–Trinajstić information content (AvgIpc) is 3.38. The number of aryl methyl sites for hydroxylation is 1. The van der Waals surface area contributed by atoms with E-state index in [1.807, 2.05) is 56.4 Å². The second-order valence-corrected chi connectivity index (χ2v) is 12.3. The smallest absolute Gasteiger partial charge is 0.242 e. The fourth-order valence-corrected chi connectivity index (χ4v) is 6.67. The number of benzene rings is 2. The van der Waals surface area contributed by atoms with Crippen molar-refractivity contribution >= 4 is 28.4 Å². The molecule has 49 heavy (non-hydrogen) atoms. The molecule has 4 aromatic rings. The molecule has 0 aliphatic heterocycles. The molecular weight excluding hydrogens is 624 g/mol. The molecule has 11 nitrogen and oxygen atoms in total. The number of aromatic nitrogens is 1. The van der Waals surface area contributed by atoms with Crippen LogP contribution in [0, 0.1) is 5.92 Å². The van der Waals surface area contributed by atoms with Crippen LogP contribution < -0.4 is 40.3 Å². The lowest BCUT2D eigenvalue weighted by Crippen LogP contribution is -2.45. The molecule has 0 saturated heterocycles. The van der Waals surface area contributed by atoms with Crippen molar-refractivity contribution < 1.29 is 28.5 Å². The van der Waals surface area contributed by atoms with Crippen molar-refractivity contribution in [2.75, 3.05) is 40.3 Å². The number of amides is 2. The van der Waals surface area contributed by atoms with E-state index in [-0.39, 0.29) is 28.8 Å². The van der Waals surface area contributed by atoms with E-state index in [1.54, 1.807) is 40.6 Å². The fraction of sp³-hybridized carbons (Fsp3) is 0.395. The van der Waals surface area contributed by atoms with Crippen molar-refractivity contribution in [3.63, 3.8) is 0 Å². The van der Waals surface area contributed by atoms with E-state index in [4.69, 9.17) is 18.9 Å². The van der Waals surface area contributed by atoms with E-state index in [0.29, 0.717) is 60.7 Å². The van der Waals surface area contributed by atoms with Gasteiger partial charge in [-0.3, -0.25) is 14.4 Å². The van der Waals surface area contributed by atoms with Gasteiger partial charge >= 0.3 is 0 Å². The van der Waals surface area contributed by atoms with Gasteiger partial charge in [-0.1, -0.05) is 32.4 Å². The SMILES string of the molecule is CCC(C)C(Nc1ccc2c(cc1=O)C(NC(C)=O)CCc1cc(OC)c(OC)c(OC)c1-2)C(=O)NCCn1ccc2c(OC)cccc21. The Morgan fingerprint density at radius 1 is 0.959 bits per heavy atom. The standard InChI is InChI=1S/C38H46N4O7/c1-8-22(2)35(38(45)39-17-19-42-18-16-26-30(42)10-9-11-32(26)46-4)41-29-15-13-25-27(21-31(29)44)28(40-23(3)43)14-12-24-20-33(47-5)36(48-6)37(49-7)34(24)25/h9-11,13,15-16,18,20-22,28,35H,8,12,14,17,19H2,1-7H3,(H,39,45)(H,40,43)(H,41,44). The number of nitrogens with one attached hydrogen (secondary N) is 3. The predicted octanol–water partition coefficient (Wildman–Crippen LogP) is 5.47. The highest BCUT2D eigenvalue weighted by Crippen LogP contribution is 2.50. The number of fused-ring (bicyclic) bond motifs is 4. The lowest BCUT2D eigenvalue weighted by atomic mass is 9.95. The van der Waals surface area contributed by atoms with Crippen molar-refractivity contribution in [3.05, 3.63) is 76.1 Å². The number of nitrogens with zero attached hydrogens (tertiary/aromatic N) is 1. The summed E-state index contributed by atoms with van der Waals surface area (Å²) in [5.41, 5.74) is 4.06. The number of hydrogen-bond donors (Lipinski definition) is 3. The number of methoxy groups -OCH3 is 4. The molecule has 1 aromatic heterocycles. The minimum atomic E-state index is -0.668. The summed E-state index contributed by atoms with van der Waals surface area (Å²) < 4.78 is 24.8. The van der Waals surface area contributed by atoms with Crippen LogP contribution in [0.5, 0.6) is 23.0 Å². The third kappa shape index (κ3) is 7.16. The summed E-state index contributed by atoms with van der Waals surface area (Å²) in [5, 5.41) is 10.4. The van der Waals surface area contributed by atoms with E-state index < -0.39 is 12.1 Å². The molecule has 3 aromatic carbocycles. The third-order valence-corrected chi connectivity index (χ3v) is 9.37. The van der Waals surface area contributed by atoms with Crippen molar-refractivity contribution in [1.82, 2.24) is 15.2 Å². The monoisotopic (exact) mass is 670 g/mol. The molecule has 3 N–H and O–H groups in total. The molecule has 2 amide bonds. The Labute approximate surface area is 286 Å². The highest BCUT2D eigenvalue weighted by atomic mass is 16.5. The fourth-order valence-electron chi connectivity index (χ4n) is 6.67. The molecule has 260 valence electrons. The summed E-state index contributed by atoms with van der Waals surface area (Å²) in [6.45, 7) is 6.42. The summed E-state index contributed by atoms with van der Waals surface area (Å²) in [6, 6.07) is 13.8. The Hall–Kier alpha value is -5.19. The van der Waals surface area contributed by atoms with Crippen LogP contribution in [-0.4, -0.2) is 57.4 Å². The van der Waals surface area contributed by atoms with Gasteiger partial charge in [0.25, 0.3) is 0 Å². The van der Waals surface area contributed by atoms with E-state index in [1.165, 1.54) is 6.92 Å². The molecule has 3 unspecified atom stereocenters. The molecule has 5 rings (SSSR count).